The Morgan fingerprint density at radius 1 is 1.17 bits per heavy atom. The van der Waals surface area contributed by atoms with Crippen LogP contribution in [0.15, 0.2) is 24.3 Å². The topological polar surface area (TPSA) is 12.5 Å². The van der Waals surface area contributed by atoms with Crippen LogP contribution in [0, 0.1) is 0 Å². The highest BCUT2D eigenvalue weighted by Gasteiger charge is 2.19. The molecule has 1 saturated heterocycles. The highest BCUT2D eigenvalue weighted by molar-refractivity contribution is 7.81. The molecule has 0 spiro atoms. The monoisotopic (exact) mass is 279 g/mol. The van der Waals surface area contributed by atoms with E-state index in [9.17, 15) is 0 Å². The average molecular weight is 279 g/mol. The van der Waals surface area contributed by atoms with Gasteiger partial charge in [-0.15, -0.1) is 0 Å². The lowest BCUT2D eigenvalue weighted by molar-refractivity contribution is 0.337. The maximum atomic E-state index is 5.58. The van der Waals surface area contributed by atoms with Crippen LogP contribution in [0.5, 0.6) is 0 Å². The van der Waals surface area contributed by atoms with Crippen LogP contribution in [0.25, 0.3) is 0 Å². The molecule has 0 radical (unpaired) electrons. The van der Waals surface area contributed by atoms with Gasteiger partial charge in [-0.1, -0.05) is 30.4 Å². The van der Waals surface area contributed by atoms with E-state index in [0.717, 1.165) is 29.2 Å². The van der Waals surface area contributed by atoms with Crippen molar-refractivity contribution in [2.24, 2.45) is 0 Å². The molecule has 1 aromatic rings. The van der Waals surface area contributed by atoms with Gasteiger partial charge in [0, 0.05) is 24.2 Å². The van der Waals surface area contributed by atoms with Crippen molar-refractivity contribution in [3.63, 3.8) is 0 Å². The van der Waals surface area contributed by atoms with Crippen molar-refractivity contribution in [2.45, 2.75) is 19.8 Å². The van der Waals surface area contributed by atoms with Gasteiger partial charge in [0.2, 0.25) is 0 Å². The molecule has 0 atom stereocenters. The number of hydrogen-bond donors (Lipinski definition) is 0. The normalized spacial score (nSPS) is 14.6. The van der Waals surface area contributed by atoms with Crippen molar-refractivity contribution in [1.82, 2.24) is 4.90 Å². The lowest BCUT2D eigenvalue weighted by atomic mass is 10.1. The molecule has 2 rings (SSSR count). The Hall–Kier alpha value is -1.00. The second kappa shape index (κ2) is 6.25. The van der Waals surface area contributed by atoms with Gasteiger partial charge in [0.25, 0.3) is 0 Å². The summed E-state index contributed by atoms with van der Waals surface area (Å²) in [5.41, 5.74) is 1.96. The summed E-state index contributed by atoms with van der Waals surface area (Å²) in [7, 11) is 0. The summed E-state index contributed by atoms with van der Waals surface area (Å²) < 4.78 is 5.43. The van der Waals surface area contributed by atoms with Gasteiger partial charge in [0.05, 0.1) is 6.61 Å². The molecule has 4 heteroatoms. The first-order valence-electron chi connectivity index (χ1n) is 6.29. The third-order valence-corrected chi connectivity index (χ3v) is 3.86. The lowest BCUT2D eigenvalue weighted by Gasteiger charge is -2.20. The third-order valence-electron chi connectivity index (χ3n) is 3.05. The van der Waals surface area contributed by atoms with Gasteiger partial charge in [0.1, 0.15) is 4.99 Å². The molecule has 96 valence electrons. The zero-order chi connectivity index (χ0) is 13.0. The maximum Gasteiger partial charge on any atom is 0.191 e. The molecule has 0 amide bonds. The fraction of sp³-hybridized carbons (Fsp3) is 0.429. The molecular formula is C14H17NOS2. The fourth-order valence-corrected chi connectivity index (χ4v) is 2.80. The minimum absolute atomic E-state index is 0.537. The van der Waals surface area contributed by atoms with Crippen LogP contribution in [-0.4, -0.2) is 34.6 Å². The highest BCUT2D eigenvalue weighted by Crippen LogP contribution is 2.18. The third kappa shape index (κ3) is 2.87. The Morgan fingerprint density at radius 2 is 1.78 bits per heavy atom. The Labute approximate surface area is 119 Å². The van der Waals surface area contributed by atoms with Gasteiger partial charge in [-0.2, -0.15) is 0 Å². The maximum absolute atomic E-state index is 5.58. The second-order valence-corrected chi connectivity index (χ2v) is 5.02. The van der Waals surface area contributed by atoms with Crippen LogP contribution in [0.1, 0.15) is 30.9 Å². The van der Waals surface area contributed by atoms with Crippen LogP contribution in [-0.2, 0) is 4.74 Å². The minimum atomic E-state index is 0.537. The summed E-state index contributed by atoms with van der Waals surface area (Å²) in [5, 5.41) is 0.537. The molecule has 0 bridgehead atoms. The van der Waals surface area contributed by atoms with Gasteiger partial charge in [-0.05, 0) is 38.0 Å². The van der Waals surface area contributed by atoms with Crippen molar-refractivity contribution in [2.75, 3.05) is 19.7 Å². The van der Waals surface area contributed by atoms with E-state index in [-0.39, 0.29) is 0 Å². The summed E-state index contributed by atoms with van der Waals surface area (Å²) in [6.45, 7) is 4.63. The van der Waals surface area contributed by atoms with Crippen LogP contribution >= 0.6 is 24.4 Å². The molecule has 0 aromatic heterocycles. The molecule has 0 saturated carbocycles. The van der Waals surface area contributed by atoms with Gasteiger partial charge < -0.3 is 9.64 Å². The lowest BCUT2D eigenvalue weighted by Crippen LogP contribution is -2.28. The van der Waals surface area contributed by atoms with Crippen LogP contribution in [0.3, 0.4) is 0 Å². The second-order valence-electron chi connectivity index (χ2n) is 4.27. The molecule has 1 heterocycles. The van der Waals surface area contributed by atoms with Crippen LogP contribution < -0.4 is 0 Å². The minimum Gasteiger partial charge on any atom is -0.483 e. The number of thiocarbonyl (C=S) groups is 2. The molecular weight excluding hydrogens is 262 g/mol. The molecule has 0 unspecified atom stereocenters. The van der Waals surface area contributed by atoms with E-state index < -0.39 is 0 Å². The van der Waals surface area contributed by atoms with E-state index in [0.29, 0.717) is 11.7 Å². The number of ether oxygens (including phenoxy) is 1. The van der Waals surface area contributed by atoms with Gasteiger partial charge >= 0.3 is 0 Å². The van der Waals surface area contributed by atoms with Gasteiger partial charge in [-0.3, -0.25) is 0 Å². The van der Waals surface area contributed by atoms with E-state index in [1.807, 2.05) is 31.2 Å². The molecule has 18 heavy (non-hydrogen) atoms. The smallest absolute Gasteiger partial charge is 0.191 e. The number of hydrogen-bond acceptors (Lipinski definition) is 3. The van der Waals surface area contributed by atoms with Crippen molar-refractivity contribution in [3.05, 3.63) is 35.4 Å². The SMILES string of the molecule is CCOC(=S)c1ccccc1C(=S)N1CCCC1. The Bertz CT molecular complexity index is 453. The highest BCUT2D eigenvalue weighted by atomic mass is 32.1. The average Bonchev–Trinajstić information content (AvgIpc) is 2.92. The summed E-state index contributed by atoms with van der Waals surface area (Å²) in [6, 6.07) is 7.98. The van der Waals surface area contributed by atoms with Crippen molar-refractivity contribution < 1.29 is 4.74 Å². The largest absolute Gasteiger partial charge is 0.483 e. The van der Waals surface area contributed by atoms with Crippen LogP contribution in [0.2, 0.25) is 0 Å². The first kappa shape index (κ1) is 13.4. The van der Waals surface area contributed by atoms with Crippen LogP contribution in [0.4, 0.5) is 0 Å². The molecule has 1 aromatic carbocycles. The number of likely N-dealkylation sites (tertiary alicyclic amines) is 1. The number of rotatable bonds is 3. The first-order chi connectivity index (χ1) is 8.74. The standard InChI is InChI=1S/C14H17NOS2/c1-2-16-14(18)12-8-4-3-7-11(12)13(17)15-9-5-6-10-15/h3-4,7-8H,2,5-6,9-10H2,1H3. The Morgan fingerprint density at radius 3 is 2.39 bits per heavy atom. The van der Waals surface area contributed by atoms with Crippen molar-refractivity contribution in [1.29, 1.82) is 0 Å². The molecule has 0 N–H and O–H groups in total. The summed E-state index contributed by atoms with van der Waals surface area (Å²) in [6.07, 6.45) is 2.44. The van der Waals surface area contributed by atoms with E-state index in [4.69, 9.17) is 29.2 Å². The zero-order valence-corrected chi connectivity index (χ0v) is 12.1. The fourth-order valence-electron chi connectivity index (χ4n) is 2.15. The van der Waals surface area contributed by atoms with Gasteiger partial charge in [-0.25, -0.2) is 0 Å². The van der Waals surface area contributed by atoms with Crippen molar-refractivity contribution >= 4 is 34.5 Å². The quantitative estimate of drug-likeness (QED) is 0.788. The predicted octanol–water partition coefficient (Wildman–Crippen LogP) is 3.17. The molecule has 1 aliphatic heterocycles. The zero-order valence-electron chi connectivity index (χ0n) is 10.5. The molecule has 2 nitrogen and oxygen atoms in total. The molecule has 1 aliphatic rings. The van der Waals surface area contributed by atoms with E-state index in [1.54, 1.807) is 0 Å². The predicted molar refractivity (Wildman–Crippen MR) is 82.3 cm³/mol. The van der Waals surface area contributed by atoms with E-state index in [2.05, 4.69) is 4.90 Å². The summed E-state index contributed by atoms with van der Waals surface area (Å²) in [4.78, 5) is 3.15. The summed E-state index contributed by atoms with van der Waals surface area (Å²) in [5.74, 6) is 0. The first-order valence-corrected chi connectivity index (χ1v) is 7.11. The van der Waals surface area contributed by atoms with E-state index >= 15 is 0 Å². The number of benzene rings is 1. The summed E-state index contributed by atoms with van der Waals surface area (Å²) >= 11 is 10.9. The van der Waals surface area contributed by atoms with E-state index in [1.165, 1.54) is 12.8 Å². The van der Waals surface area contributed by atoms with Crippen molar-refractivity contribution in [3.8, 4) is 0 Å². The Kier molecular flexibility index (Phi) is 4.66. The molecule has 1 fully saturated rings. The molecule has 0 aliphatic carbocycles. The Balaban J connectivity index is 2.26. The number of nitrogens with zero attached hydrogens (tertiary/aromatic N) is 1. The van der Waals surface area contributed by atoms with Gasteiger partial charge in [0.15, 0.2) is 5.05 Å².